The Balaban J connectivity index is 2.80. The molecule has 1 heterocycles. The van der Waals surface area contributed by atoms with Gasteiger partial charge in [0.15, 0.2) is 5.82 Å². The Morgan fingerprint density at radius 2 is 2.42 bits per heavy atom. The van der Waals surface area contributed by atoms with Crippen molar-refractivity contribution < 1.29 is 4.94 Å². The quantitative estimate of drug-likeness (QED) is 0.516. The van der Waals surface area contributed by atoms with Crippen LogP contribution < -0.4 is 5.90 Å². The minimum Gasteiger partial charge on any atom is -0.282 e. The Bertz CT molecular complexity index is 312. The first-order chi connectivity index (χ1) is 5.86. The van der Waals surface area contributed by atoms with Crippen LogP contribution in [0.4, 0.5) is 5.82 Å². The molecule has 0 amide bonds. The Morgan fingerprint density at radius 3 is 2.92 bits per heavy atom. The highest BCUT2D eigenvalue weighted by Gasteiger charge is 1.91. The first-order valence-corrected chi connectivity index (χ1v) is 3.00. The smallest absolute Gasteiger partial charge is 0.177 e. The summed E-state index contributed by atoms with van der Waals surface area (Å²) in [7, 11) is 0. The SMILES string of the molecule is N#Cc1ccc(N=NON)nc1. The molecule has 0 spiro atoms. The molecule has 6 nitrogen and oxygen atoms in total. The Kier molecular flexibility index (Phi) is 2.70. The van der Waals surface area contributed by atoms with Gasteiger partial charge >= 0.3 is 0 Å². The molecule has 0 aliphatic rings. The molecule has 0 bridgehead atoms. The molecule has 60 valence electrons. The van der Waals surface area contributed by atoms with Gasteiger partial charge in [0.2, 0.25) is 0 Å². The number of nitriles is 1. The maximum atomic E-state index is 8.42. The van der Waals surface area contributed by atoms with Gasteiger partial charge in [-0.2, -0.15) is 5.26 Å². The third kappa shape index (κ3) is 2.00. The van der Waals surface area contributed by atoms with Crippen LogP contribution in [0.1, 0.15) is 5.56 Å². The van der Waals surface area contributed by atoms with Gasteiger partial charge in [-0.25, -0.2) is 4.98 Å². The highest BCUT2D eigenvalue weighted by molar-refractivity contribution is 5.33. The van der Waals surface area contributed by atoms with E-state index < -0.39 is 0 Å². The zero-order valence-electron chi connectivity index (χ0n) is 6.01. The first-order valence-electron chi connectivity index (χ1n) is 3.00. The first kappa shape index (κ1) is 8.10. The molecule has 0 atom stereocenters. The molecule has 2 N–H and O–H groups in total. The lowest BCUT2D eigenvalue weighted by Crippen LogP contribution is -1.87. The van der Waals surface area contributed by atoms with E-state index in [1.165, 1.54) is 12.3 Å². The van der Waals surface area contributed by atoms with Crippen molar-refractivity contribution in [3.8, 4) is 6.07 Å². The Hall–Kier alpha value is -2.00. The van der Waals surface area contributed by atoms with Crippen molar-refractivity contribution in [2.24, 2.45) is 16.3 Å². The number of hydrogen-bond acceptors (Lipinski definition) is 6. The molecular formula is C6H5N5O. The van der Waals surface area contributed by atoms with Gasteiger partial charge in [-0.1, -0.05) is 5.11 Å². The van der Waals surface area contributed by atoms with E-state index in [9.17, 15) is 0 Å². The van der Waals surface area contributed by atoms with Crippen molar-refractivity contribution in [1.82, 2.24) is 4.98 Å². The maximum absolute atomic E-state index is 8.42. The second-order valence-corrected chi connectivity index (χ2v) is 1.80. The highest BCUT2D eigenvalue weighted by Crippen LogP contribution is 2.07. The number of nitrogens with zero attached hydrogens (tertiary/aromatic N) is 4. The van der Waals surface area contributed by atoms with Crippen molar-refractivity contribution in [1.29, 1.82) is 5.26 Å². The summed E-state index contributed by atoms with van der Waals surface area (Å²) in [6, 6.07) is 5.02. The Labute approximate surface area is 68.2 Å². The van der Waals surface area contributed by atoms with Crippen LogP contribution in [0.5, 0.6) is 0 Å². The van der Waals surface area contributed by atoms with Crippen molar-refractivity contribution in [3.63, 3.8) is 0 Å². The van der Waals surface area contributed by atoms with E-state index >= 15 is 0 Å². The molecule has 1 aromatic heterocycles. The van der Waals surface area contributed by atoms with Crippen LogP contribution in [-0.4, -0.2) is 4.98 Å². The summed E-state index contributed by atoms with van der Waals surface area (Å²) < 4.78 is 0. The fourth-order valence-electron chi connectivity index (χ4n) is 0.577. The van der Waals surface area contributed by atoms with Gasteiger partial charge in [0, 0.05) is 6.20 Å². The Morgan fingerprint density at radius 1 is 1.58 bits per heavy atom. The van der Waals surface area contributed by atoms with Gasteiger partial charge in [-0.15, -0.1) is 5.90 Å². The van der Waals surface area contributed by atoms with Crippen molar-refractivity contribution >= 4 is 5.82 Å². The van der Waals surface area contributed by atoms with E-state index in [2.05, 4.69) is 26.2 Å². The van der Waals surface area contributed by atoms with Gasteiger partial charge in [0.25, 0.3) is 0 Å². The van der Waals surface area contributed by atoms with Gasteiger partial charge in [0.1, 0.15) is 6.07 Å². The molecule has 12 heavy (non-hydrogen) atoms. The van der Waals surface area contributed by atoms with E-state index in [1.54, 1.807) is 6.07 Å². The second-order valence-electron chi connectivity index (χ2n) is 1.80. The molecule has 1 aromatic rings. The van der Waals surface area contributed by atoms with Crippen molar-refractivity contribution in [3.05, 3.63) is 23.9 Å². The number of aromatic nitrogens is 1. The predicted octanol–water partition coefficient (Wildman–Crippen LogP) is 0.842. The molecule has 0 unspecified atom stereocenters. The van der Waals surface area contributed by atoms with E-state index in [4.69, 9.17) is 5.26 Å². The van der Waals surface area contributed by atoms with Gasteiger partial charge < -0.3 is 0 Å². The average Bonchev–Trinajstić information content (AvgIpc) is 2.15. The molecule has 1 rings (SSSR count). The zero-order valence-corrected chi connectivity index (χ0v) is 6.01. The van der Waals surface area contributed by atoms with Crippen LogP contribution in [0.25, 0.3) is 0 Å². The van der Waals surface area contributed by atoms with Crippen LogP contribution in [0.3, 0.4) is 0 Å². The minimum absolute atomic E-state index is 0.333. The molecule has 0 saturated heterocycles. The molecule has 0 aromatic carbocycles. The van der Waals surface area contributed by atoms with Gasteiger partial charge in [0.05, 0.1) is 10.8 Å². The summed E-state index contributed by atoms with van der Waals surface area (Å²) in [5, 5.41) is 14.9. The van der Waals surface area contributed by atoms with Crippen molar-refractivity contribution in [2.45, 2.75) is 0 Å². The van der Waals surface area contributed by atoms with Crippen LogP contribution in [0.2, 0.25) is 0 Å². The predicted molar refractivity (Wildman–Crippen MR) is 38.7 cm³/mol. The fraction of sp³-hybridized carbons (Fsp3) is 0. The molecule has 6 heteroatoms. The van der Waals surface area contributed by atoms with Crippen LogP contribution in [0, 0.1) is 11.3 Å². The zero-order chi connectivity index (χ0) is 8.81. The summed E-state index contributed by atoms with van der Waals surface area (Å²) in [6.45, 7) is 0. The van der Waals surface area contributed by atoms with E-state index in [0.717, 1.165) is 0 Å². The summed E-state index contributed by atoms with van der Waals surface area (Å²) in [5.41, 5.74) is 0.461. The topological polar surface area (TPSA) is 96.6 Å². The van der Waals surface area contributed by atoms with E-state index in [-0.39, 0.29) is 0 Å². The second kappa shape index (κ2) is 4.00. The van der Waals surface area contributed by atoms with Gasteiger partial charge in [-0.3, -0.25) is 4.94 Å². The van der Waals surface area contributed by atoms with Crippen LogP contribution in [0.15, 0.2) is 28.7 Å². The minimum atomic E-state index is 0.333. The van der Waals surface area contributed by atoms with Gasteiger partial charge in [-0.05, 0) is 12.1 Å². The third-order valence-electron chi connectivity index (χ3n) is 1.07. The molecular weight excluding hydrogens is 158 g/mol. The monoisotopic (exact) mass is 163 g/mol. The number of rotatable bonds is 2. The maximum Gasteiger partial charge on any atom is 0.177 e. The molecule has 0 saturated carbocycles. The van der Waals surface area contributed by atoms with Crippen LogP contribution >= 0.6 is 0 Å². The summed E-state index contributed by atoms with van der Waals surface area (Å²) in [4.78, 5) is 7.62. The van der Waals surface area contributed by atoms with E-state index in [1.807, 2.05) is 6.07 Å². The molecule has 0 aliphatic carbocycles. The molecule has 0 fully saturated rings. The lowest BCUT2D eigenvalue weighted by molar-refractivity contribution is 0.129. The summed E-state index contributed by atoms with van der Waals surface area (Å²) >= 11 is 0. The summed E-state index contributed by atoms with van der Waals surface area (Å²) in [5.74, 6) is 4.92. The molecule has 0 radical (unpaired) electrons. The lowest BCUT2D eigenvalue weighted by Gasteiger charge is -1.88. The van der Waals surface area contributed by atoms with Crippen LogP contribution in [-0.2, 0) is 4.94 Å². The largest absolute Gasteiger partial charge is 0.282 e. The number of hydrogen-bond donors (Lipinski definition) is 1. The van der Waals surface area contributed by atoms with Crippen molar-refractivity contribution in [2.75, 3.05) is 0 Å². The molecule has 0 aliphatic heterocycles. The van der Waals surface area contributed by atoms with E-state index in [0.29, 0.717) is 11.4 Å². The standard InChI is InChI=1S/C6H5N5O/c7-3-5-1-2-6(9-4-5)10-11-12-8/h1-2,4H,8H2. The number of pyridine rings is 1. The fourth-order valence-corrected chi connectivity index (χ4v) is 0.577. The summed E-state index contributed by atoms with van der Waals surface area (Å²) in [6.07, 6.45) is 1.38. The highest BCUT2D eigenvalue weighted by atomic mass is 16.8. The lowest BCUT2D eigenvalue weighted by atomic mass is 10.3. The normalized spacial score (nSPS) is 9.67. The third-order valence-corrected chi connectivity index (χ3v) is 1.07. The average molecular weight is 163 g/mol. The number of nitrogens with two attached hydrogens (primary N) is 1.